The molecule has 1 unspecified atom stereocenters. The van der Waals surface area contributed by atoms with Crippen LogP contribution in [0.2, 0.25) is 0 Å². The molecular weight excluding hydrogens is 725 g/mol. The van der Waals surface area contributed by atoms with Crippen molar-refractivity contribution in [2.75, 3.05) is 47.5 Å². The SMILES string of the molecule is CC/C=C\C/C=C\C/C=C\C/C=C\CCCCCCC(=O)O[C@H](COC(=O)CCCCCCC/C=C\C/C=C\C/C=C\CC)COP(=O)(O)OCC[N+](C)(C)C. The van der Waals surface area contributed by atoms with Crippen LogP contribution in [0, 0.1) is 0 Å². The first kappa shape index (κ1) is 53.2. The summed E-state index contributed by atoms with van der Waals surface area (Å²) in [6.45, 7) is 4.12. The molecule has 2 atom stereocenters. The number of carbonyl (C=O) groups excluding carboxylic acids is 2. The third kappa shape index (κ3) is 40.8. The number of quaternary nitrogens is 1. The van der Waals surface area contributed by atoms with Gasteiger partial charge in [-0.1, -0.05) is 131 Å². The van der Waals surface area contributed by atoms with Gasteiger partial charge in [0.05, 0.1) is 27.7 Å². The number of carbonyl (C=O) groups is 2. The molecule has 10 heteroatoms. The predicted molar refractivity (Wildman–Crippen MR) is 233 cm³/mol. The highest BCUT2D eigenvalue weighted by Crippen LogP contribution is 2.43. The molecule has 0 aliphatic rings. The molecule has 0 aromatic rings. The zero-order chi connectivity index (χ0) is 41.4. The lowest BCUT2D eigenvalue weighted by Gasteiger charge is -2.24. The Morgan fingerprint density at radius 2 is 0.964 bits per heavy atom. The molecule has 0 rings (SSSR count). The largest absolute Gasteiger partial charge is 0.472 e. The van der Waals surface area contributed by atoms with Gasteiger partial charge < -0.3 is 18.9 Å². The van der Waals surface area contributed by atoms with Gasteiger partial charge in [-0.25, -0.2) is 4.57 Å². The van der Waals surface area contributed by atoms with Crippen molar-refractivity contribution in [3.05, 3.63) is 85.1 Å². The van der Waals surface area contributed by atoms with E-state index >= 15 is 0 Å². The van der Waals surface area contributed by atoms with Crippen molar-refractivity contribution in [1.82, 2.24) is 0 Å². The number of esters is 2. The van der Waals surface area contributed by atoms with E-state index < -0.39 is 32.5 Å². The van der Waals surface area contributed by atoms with Crippen LogP contribution in [0.1, 0.15) is 142 Å². The standard InChI is InChI=1S/C46H78NO8P/c1-6-8-10-12-14-16-18-20-22-23-25-27-29-31-33-35-37-39-46(49)55-44(43-54-56(50,51)53-41-40-47(3,4)5)42-52-45(48)38-36-34-32-30-28-26-24-21-19-17-15-13-11-9-7-2/h8-11,14-17,20-22,24-25,27,44H,6-7,12-13,18-19,23,26,28-43H2,1-5H3/p+1/b10-8-,11-9-,16-14-,17-15-,22-20-,24-21-,27-25-/t44-/m1/s1. The number of hydrogen-bond acceptors (Lipinski definition) is 7. The Hall–Kier alpha value is -2.81. The molecule has 0 fully saturated rings. The normalized spacial score (nSPS) is 14.5. The van der Waals surface area contributed by atoms with Gasteiger partial charge in [0.25, 0.3) is 0 Å². The van der Waals surface area contributed by atoms with Gasteiger partial charge in [0, 0.05) is 12.8 Å². The fourth-order valence-corrected chi connectivity index (χ4v) is 5.88. The number of rotatable bonds is 37. The predicted octanol–water partition coefficient (Wildman–Crippen LogP) is 12.0. The van der Waals surface area contributed by atoms with Crippen LogP contribution in [0.3, 0.4) is 0 Å². The molecule has 0 heterocycles. The number of ether oxygens (including phenoxy) is 2. The van der Waals surface area contributed by atoms with Crippen LogP contribution in [0.15, 0.2) is 85.1 Å². The number of nitrogens with zero attached hydrogens (tertiary/aromatic N) is 1. The molecule has 0 aromatic heterocycles. The smallest absolute Gasteiger partial charge is 0.462 e. The van der Waals surface area contributed by atoms with Gasteiger partial charge in [0.1, 0.15) is 19.8 Å². The van der Waals surface area contributed by atoms with Gasteiger partial charge in [0.15, 0.2) is 6.10 Å². The van der Waals surface area contributed by atoms with Crippen molar-refractivity contribution in [3.8, 4) is 0 Å². The van der Waals surface area contributed by atoms with Gasteiger partial charge in [-0.05, 0) is 83.5 Å². The number of unbranched alkanes of at least 4 members (excludes halogenated alkanes) is 9. The van der Waals surface area contributed by atoms with Gasteiger partial charge in [-0.2, -0.15) is 0 Å². The summed E-state index contributed by atoms with van der Waals surface area (Å²) < 4.78 is 34.2. The summed E-state index contributed by atoms with van der Waals surface area (Å²) in [5.41, 5.74) is 0. The van der Waals surface area contributed by atoms with Crippen molar-refractivity contribution >= 4 is 19.8 Å². The van der Waals surface area contributed by atoms with Gasteiger partial charge >= 0.3 is 19.8 Å². The van der Waals surface area contributed by atoms with Crippen molar-refractivity contribution in [2.45, 2.75) is 148 Å². The highest BCUT2D eigenvalue weighted by atomic mass is 31.2. The molecule has 320 valence electrons. The molecule has 56 heavy (non-hydrogen) atoms. The van der Waals surface area contributed by atoms with E-state index in [4.69, 9.17) is 18.5 Å². The van der Waals surface area contributed by atoms with Crippen molar-refractivity contribution < 1.29 is 42.1 Å². The summed E-state index contributed by atoms with van der Waals surface area (Å²) >= 11 is 0. The zero-order valence-electron chi connectivity index (χ0n) is 35.8. The van der Waals surface area contributed by atoms with E-state index in [1.54, 1.807) is 0 Å². The van der Waals surface area contributed by atoms with Crippen LogP contribution < -0.4 is 0 Å². The van der Waals surface area contributed by atoms with Crippen molar-refractivity contribution in [1.29, 1.82) is 0 Å². The highest BCUT2D eigenvalue weighted by molar-refractivity contribution is 7.47. The number of phosphoric acid groups is 1. The highest BCUT2D eigenvalue weighted by Gasteiger charge is 2.27. The quantitative estimate of drug-likeness (QED) is 0.0217. The van der Waals surface area contributed by atoms with Crippen LogP contribution in [0.4, 0.5) is 0 Å². The summed E-state index contributed by atoms with van der Waals surface area (Å²) in [5.74, 6) is -0.856. The second-order valence-corrected chi connectivity index (χ2v) is 16.4. The number of hydrogen-bond donors (Lipinski definition) is 1. The van der Waals surface area contributed by atoms with Crippen LogP contribution >= 0.6 is 7.82 Å². The first-order valence-corrected chi connectivity index (χ1v) is 22.8. The third-order valence-electron chi connectivity index (χ3n) is 8.42. The molecule has 1 N–H and O–H groups in total. The lowest BCUT2D eigenvalue weighted by Crippen LogP contribution is -2.37. The van der Waals surface area contributed by atoms with Crippen LogP contribution in [-0.4, -0.2) is 74.9 Å². The molecule has 0 spiro atoms. The first-order valence-electron chi connectivity index (χ1n) is 21.3. The van der Waals surface area contributed by atoms with Gasteiger partial charge in [0.2, 0.25) is 0 Å². The summed E-state index contributed by atoms with van der Waals surface area (Å²) in [6, 6.07) is 0. The van der Waals surface area contributed by atoms with E-state index in [-0.39, 0.29) is 26.1 Å². The second kappa shape index (κ2) is 37.7. The Morgan fingerprint density at radius 1 is 0.554 bits per heavy atom. The molecule has 0 aliphatic heterocycles. The zero-order valence-corrected chi connectivity index (χ0v) is 36.7. The summed E-state index contributed by atoms with van der Waals surface area (Å²) in [4.78, 5) is 35.3. The van der Waals surface area contributed by atoms with Crippen LogP contribution in [0.25, 0.3) is 0 Å². The maximum Gasteiger partial charge on any atom is 0.472 e. The minimum atomic E-state index is -4.39. The fourth-order valence-electron chi connectivity index (χ4n) is 5.13. The number of allylic oxidation sites excluding steroid dienone is 14. The Kier molecular flexibility index (Phi) is 35.9. The van der Waals surface area contributed by atoms with E-state index in [0.717, 1.165) is 103 Å². The lowest BCUT2D eigenvalue weighted by atomic mass is 10.1. The third-order valence-corrected chi connectivity index (χ3v) is 9.40. The molecule has 0 aromatic carbocycles. The van der Waals surface area contributed by atoms with Gasteiger partial charge in [-0.3, -0.25) is 18.6 Å². The number of phosphoric ester groups is 1. The Morgan fingerprint density at radius 3 is 1.43 bits per heavy atom. The van der Waals surface area contributed by atoms with E-state index in [9.17, 15) is 19.0 Å². The summed E-state index contributed by atoms with van der Waals surface area (Å²) in [7, 11) is 1.43. The van der Waals surface area contributed by atoms with E-state index in [1.807, 2.05) is 21.1 Å². The van der Waals surface area contributed by atoms with Crippen LogP contribution in [-0.2, 0) is 32.7 Å². The topological polar surface area (TPSA) is 108 Å². The minimum Gasteiger partial charge on any atom is -0.462 e. The Labute approximate surface area is 341 Å². The molecule has 0 amide bonds. The van der Waals surface area contributed by atoms with Crippen molar-refractivity contribution in [3.63, 3.8) is 0 Å². The second-order valence-electron chi connectivity index (χ2n) is 15.0. The monoisotopic (exact) mass is 805 g/mol. The fraction of sp³-hybridized carbons (Fsp3) is 0.652. The lowest BCUT2D eigenvalue weighted by molar-refractivity contribution is -0.870. The first-order chi connectivity index (χ1) is 27.0. The van der Waals surface area contributed by atoms with E-state index in [2.05, 4.69) is 98.9 Å². The maximum atomic E-state index is 12.7. The summed E-state index contributed by atoms with van der Waals surface area (Å²) in [5, 5.41) is 0. The van der Waals surface area contributed by atoms with E-state index in [1.165, 1.54) is 0 Å². The molecule has 9 nitrogen and oxygen atoms in total. The molecule has 0 aliphatic carbocycles. The average Bonchev–Trinajstić information content (AvgIpc) is 3.15. The van der Waals surface area contributed by atoms with Crippen LogP contribution in [0.5, 0.6) is 0 Å². The summed E-state index contributed by atoms with van der Waals surface area (Å²) in [6.07, 6.45) is 47.7. The number of likely N-dealkylation sites (N-methyl/N-ethyl adjacent to an activating group) is 1. The molecule has 0 bridgehead atoms. The Bertz CT molecular complexity index is 1230. The molecular formula is C46H79NO8P+. The van der Waals surface area contributed by atoms with Crippen molar-refractivity contribution in [2.24, 2.45) is 0 Å². The van der Waals surface area contributed by atoms with E-state index in [0.29, 0.717) is 23.9 Å². The Balaban J connectivity index is 4.47. The average molecular weight is 805 g/mol. The van der Waals surface area contributed by atoms with Gasteiger partial charge in [-0.15, -0.1) is 0 Å². The maximum absolute atomic E-state index is 12.7. The minimum absolute atomic E-state index is 0.0186. The molecule has 0 radical (unpaired) electrons. The molecule has 0 saturated heterocycles. The molecule has 0 saturated carbocycles.